The van der Waals surface area contributed by atoms with Gasteiger partial charge in [-0.1, -0.05) is 35.9 Å². The van der Waals surface area contributed by atoms with Gasteiger partial charge in [0.15, 0.2) is 0 Å². The predicted octanol–water partition coefficient (Wildman–Crippen LogP) is 4.56. The van der Waals surface area contributed by atoms with E-state index in [-0.39, 0.29) is 19.1 Å². The summed E-state index contributed by atoms with van der Waals surface area (Å²) in [6, 6.07) is 12.2. The number of carboxylic acids is 1. The van der Waals surface area contributed by atoms with Gasteiger partial charge in [-0.25, -0.2) is 0 Å². The summed E-state index contributed by atoms with van der Waals surface area (Å²) in [7, 11) is 0. The zero-order valence-corrected chi connectivity index (χ0v) is 18.9. The summed E-state index contributed by atoms with van der Waals surface area (Å²) in [5.74, 6) is -0.807. The molecule has 1 aromatic heterocycles. The number of nitrogens with zero attached hydrogens (tertiary/aromatic N) is 1. The molecule has 0 radical (unpaired) electrons. The first kappa shape index (κ1) is 23.2. The van der Waals surface area contributed by atoms with Gasteiger partial charge in [-0.3, -0.25) is 9.69 Å². The first-order chi connectivity index (χ1) is 14.4. The summed E-state index contributed by atoms with van der Waals surface area (Å²) in [5.41, 5.74) is 1.97. The van der Waals surface area contributed by atoms with Crippen LogP contribution in [0.5, 0.6) is 0 Å². The van der Waals surface area contributed by atoms with Crippen molar-refractivity contribution in [1.82, 2.24) is 4.90 Å². The maximum absolute atomic E-state index is 10.9. The summed E-state index contributed by atoms with van der Waals surface area (Å²) in [5, 5.41) is 19.5. The van der Waals surface area contributed by atoms with Crippen LogP contribution in [-0.4, -0.2) is 52.9 Å². The zero-order valence-electron chi connectivity index (χ0n) is 17.3. The largest absolute Gasteiger partial charge is 0.481 e. The molecule has 30 heavy (non-hydrogen) atoms. The molecule has 7 heteroatoms. The predicted molar refractivity (Wildman–Crippen MR) is 120 cm³/mol. The summed E-state index contributed by atoms with van der Waals surface area (Å²) >= 11 is 7.68. The highest BCUT2D eigenvalue weighted by Crippen LogP contribution is 2.28. The quantitative estimate of drug-likeness (QED) is 0.524. The first-order valence-electron chi connectivity index (χ1n) is 10.5. The van der Waals surface area contributed by atoms with Crippen LogP contribution in [0.3, 0.4) is 0 Å². The summed E-state index contributed by atoms with van der Waals surface area (Å²) in [6.45, 7) is 3.79. The number of hydrogen-bond acceptors (Lipinski definition) is 5. The van der Waals surface area contributed by atoms with Gasteiger partial charge in [0.05, 0.1) is 23.2 Å². The fourth-order valence-electron chi connectivity index (χ4n) is 4.13. The number of aliphatic hydroxyl groups is 1. The van der Waals surface area contributed by atoms with Crippen molar-refractivity contribution in [2.24, 2.45) is 0 Å². The van der Waals surface area contributed by atoms with Crippen molar-refractivity contribution in [3.63, 3.8) is 0 Å². The number of benzene rings is 1. The average Bonchev–Trinajstić information content (AvgIpc) is 3.33. The molecule has 1 aromatic carbocycles. The van der Waals surface area contributed by atoms with Gasteiger partial charge in [0, 0.05) is 23.9 Å². The molecule has 0 bridgehead atoms. The van der Waals surface area contributed by atoms with Gasteiger partial charge in [0.2, 0.25) is 0 Å². The summed E-state index contributed by atoms with van der Waals surface area (Å²) in [6.07, 6.45) is 3.06. The van der Waals surface area contributed by atoms with Crippen LogP contribution < -0.4 is 0 Å². The van der Waals surface area contributed by atoms with Gasteiger partial charge in [-0.2, -0.15) is 0 Å². The number of carboxylic acid groups (broad SMARTS) is 1. The molecule has 0 amide bonds. The van der Waals surface area contributed by atoms with Crippen LogP contribution in [0, 0.1) is 0 Å². The minimum Gasteiger partial charge on any atom is -0.481 e. The van der Waals surface area contributed by atoms with Crippen molar-refractivity contribution in [1.29, 1.82) is 0 Å². The molecule has 164 valence electrons. The molecule has 1 aliphatic heterocycles. The lowest BCUT2D eigenvalue weighted by atomic mass is 9.99. The molecule has 0 spiro atoms. The minimum atomic E-state index is -0.807. The lowest BCUT2D eigenvalue weighted by Crippen LogP contribution is -2.39. The van der Waals surface area contributed by atoms with Gasteiger partial charge in [0.25, 0.3) is 0 Å². The number of likely N-dealkylation sites (tertiary alicyclic amines) is 1. The average molecular weight is 452 g/mol. The summed E-state index contributed by atoms with van der Waals surface area (Å²) < 4.78 is 6.78. The number of β-amino-alcohol motifs (C(OH)–C–C–N with tert-alkyl or cyclic N) is 1. The third-order valence-electron chi connectivity index (χ3n) is 5.65. The van der Waals surface area contributed by atoms with Gasteiger partial charge in [-0.15, -0.1) is 11.3 Å². The van der Waals surface area contributed by atoms with E-state index < -0.39 is 12.1 Å². The minimum absolute atomic E-state index is 0.0954. The Hall–Kier alpha value is -1.44. The highest BCUT2D eigenvalue weighted by molar-refractivity contribution is 7.16. The molecule has 2 aromatic rings. The Bertz CT molecular complexity index is 827. The standard InChI is InChI=1S/C23H30ClNO4S/c1-16(21-7-3-2-5-17(21)8-11-23(27)28)29-15-19(26)14-25-12-4-6-18(25)13-20-9-10-22(24)30-20/h2-3,5,7,9-10,16,18-19,26H,4,6,8,11-15H2,1H3,(H,27,28)/t16-,18+,19-/m1/s1. The molecule has 0 saturated carbocycles. The lowest BCUT2D eigenvalue weighted by Gasteiger charge is -2.27. The zero-order chi connectivity index (χ0) is 21.5. The first-order valence-corrected chi connectivity index (χ1v) is 11.7. The molecule has 2 N–H and O–H groups in total. The summed E-state index contributed by atoms with van der Waals surface area (Å²) in [4.78, 5) is 14.5. The molecule has 5 nitrogen and oxygen atoms in total. The van der Waals surface area contributed by atoms with Crippen LogP contribution in [-0.2, 0) is 22.4 Å². The molecule has 0 unspecified atom stereocenters. The third kappa shape index (κ3) is 6.79. The Morgan fingerprint density at radius 2 is 2.13 bits per heavy atom. The second kappa shape index (κ2) is 11.3. The second-order valence-corrected chi connectivity index (χ2v) is 9.72. The molecular formula is C23H30ClNO4S. The van der Waals surface area contributed by atoms with E-state index in [1.807, 2.05) is 37.3 Å². The number of ether oxygens (including phenoxy) is 1. The monoisotopic (exact) mass is 451 g/mol. The Morgan fingerprint density at radius 3 is 2.87 bits per heavy atom. The van der Waals surface area contributed by atoms with Gasteiger partial charge in [-0.05, 0) is 62.4 Å². The van der Waals surface area contributed by atoms with Crippen LogP contribution >= 0.6 is 22.9 Å². The third-order valence-corrected chi connectivity index (χ3v) is 6.90. The number of halogens is 1. The molecule has 3 atom stereocenters. The number of hydrogen-bond donors (Lipinski definition) is 2. The topological polar surface area (TPSA) is 70.0 Å². The van der Waals surface area contributed by atoms with Gasteiger partial charge in [0.1, 0.15) is 0 Å². The Morgan fingerprint density at radius 1 is 1.33 bits per heavy atom. The number of aryl methyl sites for hydroxylation is 1. The maximum atomic E-state index is 10.9. The van der Waals surface area contributed by atoms with Crippen molar-refractivity contribution in [3.05, 3.63) is 56.7 Å². The van der Waals surface area contributed by atoms with Crippen molar-refractivity contribution in [2.45, 2.75) is 57.3 Å². The van der Waals surface area contributed by atoms with Crippen molar-refractivity contribution in [2.75, 3.05) is 19.7 Å². The van der Waals surface area contributed by atoms with E-state index in [0.29, 0.717) is 19.0 Å². The number of aliphatic hydroxyl groups excluding tert-OH is 1. The fourth-order valence-corrected chi connectivity index (χ4v) is 5.29. The van der Waals surface area contributed by atoms with Crippen LogP contribution in [0.25, 0.3) is 0 Å². The molecule has 3 rings (SSSR count). The number of rotatable bonds is 11. The Kier molecular flexibility index (Phi) is 8.72. The van der Waals surface area contributed by atoms with E-state index >= 15 is 0 Å². The van der Waals surface area contributed by atoms with E-state index in [0.717, 1.165) is 41.3 Å². The number of thiophene rings is 1. The van der Waals surface area contributed by atoms with E-state index in [2.05, 4.69) is 11.0 Å². The molecule has 2 heterocycles. The molecule has 0 aliphatic carbocycles. The molecule has 1 aliphatic rings. The lowest BCUT2D eigenvalue weighted by molar-refractivity contribution is -0.136. The van der Waals surface area contributed by atoms with Gasteiger partial charge >= 0.3 is 5.97 Å². The van der Waals surface area contributed by atoms with E-state index in [4.69, 9.17) is 21.4 Å². The number of aliphatic carboxylic acids is 1. The van der Waals surface area contributed by atoms with Gasteiger partial charge < -0.3 is 14.9 Å². The smallest absolute Gasteiger partial charge is 0.303 e. The molecule has 1 saturated heterocycles. The second-order valence-electron chi connectivity index (χ2n) is 7.92. The van der Waals surface area contributed by atoms with Crippen LogP contribution in [0.1, 0.15) is 48.3 Å². The van der Waals surface area contributed by atoms with Crippen LogP contribution in [0.2, 0.25) is 4.34 Å². The van der Waals surface area contributed by atoms with Crippen LogP contribution in [0.4, 0.5) is 0 Å². The van der Waals surface area contributed by atoms with E-state index in [1.165, 1.54) is 4.88 Å². The highest BCUT2D eigenvalue weighted by Gasteiger charge is 2.27. The SMILES string of the molecule is C[C@@H](OC[C@H](O)CN1CCC[C@H]1Cc1ccc(Cl)s1)c1ccccc1CCC(=O)O. The van der Waals surface area contributed by atoms with Crippen molar-refractivity contribution < 1.29 is 19.7 Å². The maximum Gasteiger partial charge on any atom is 0.303 e. The van der Waals surface area contributed by atoms with Crippen LogP contribution in [0.15, 0.2) is 36.4 Å². The normalized spacial score (nSPS) is 19.1. The van der Waals surface area contributed by atoms with Crippen molar-refractivity contribution in [3.8, 4) is 0 Å². The highest BCUT2D eigenvalue weighted by atomic mass is 35.5. The van der Waals surface area contributed by atoms with E-state index in [9.17, 15) is 9.90 Å². The Labute approximate surface area is 187 Å². The Balaban J connectivity index is 1.49. The van der Waals surface area contributed by atoms with Crippen molar-refractivity contribution >= 4 is 28.9 Å². The molecular weight excluding hydrogens is 422 g/mol. The fraction of sp³-hybridized carbons (Fsp3) is 0.522. The van der Waals surface area contributed by atoms with E-state index in [1.54, 1.807) is 11.3 Å². The number of carbonyl (C=O) groups is 1. The molecule has 1 fully saturated rings.